The number of nitrogens with zero attached hydrogens (tertiary/aromatic N) is 2. The number of hydrogen-bond acceptors (Lipinski definition) is 2. The summed E-state index contributed by atoms with van der Waals surface area (Å²) < 4.78 is 0. The van der Waals surface area contributed by atoms with Crippen LogP contribution in [0.5, 0.6) is 0 Å². The lowest BCUT2D eigenvalue weighted by Gasteiger charge is -2.20. The van der Waals surface area contributed by atoms with Gasteiger partial charge in [0.25, 0.3) is 0 Å². The van der Waals surface area contributed by atoms with E-state index >= 15 is 0 Å². The number of pyridine rings is 2. The predicted molar refractivity (Wildman–Crippen MR) is 263 cm³/mol. The Balaban J connectivity index is 1.15. The van der Waals surface area contributed by atoms with Crippen molar-refractivity contribution in [2.24, 2.45) is 0 Å². The van der Waals surface area contributed by atoms with Crippen molar-refractivity contribution in [1.29, 1.82) is 0 Å². The van der Waals surface area contributed by atoms with E-state index in [9.17, 15) is 0 Å². The molecule has 7 aromatic carbocycles. The standard InChI is InChI=1S/C60H52N2/c1-59(2,3)47-32-34-61-57(39-47)45-28-30-53(55(37-45)41-18-9-7-10-19-41)51-26-15-13-24-49(51)43-22-17-23-44(36-43)50-25-14-16-27-52(50)54-31-29-46(38-56(54)42-20-11-8-12-21-42)58-40-48(33-35-62-58)60(4,5)6/h7-40H,1-6H3. The van der Waals surface area contributed by atoms with Crippen LogP contribution < -0.4 is 0 Å². The fourth-order valence-corrected chi connectivity index (χ4v) is 8.49. The fourth-order valence-electron chi connectivity index (χ4n) is 8.49. The third-order valence-corrected chi connectivity index (χ3v) is 12.0. The Labute approximate surface area is 367 Å². The van der Waals surface area contributed by atoms with Crippen molar-refractivity contribution in [2.75, 3.05) is 0 Å². The van der Waals surface area contributed by atoms with E-state index in [2.05, 4.69) is 236 Å². The molecular weight excluding hydrogens is 749 g/mol. The van der Waals surface area contributed by atoms with Gasteiger partial charge in [-0.3, -0.25) is 9.97 Å². The molecule has 2 aromatic heterocycles. The molecule has 0 saturated heterocycles. The summed E-state index contributed by atoms with van der Waals surface area (Å²) >= 11 is 0. The molecule has 0 fully saturated rings. The van der Waals surface area contributed by atoms with E-state index in [-0.39, 0.29) is 10.8 Å². The highest BCUT2D eigenvalue weighted by molar-refractivity contribution is 5.96. The average Bonchev–Trinajstić information content (AvgIpc) is 3.31. The van der Waals surface area contributed by atoms with Crippen molar-refractivity contribution < 1.29 is 0 Å². The molecule has 0 N–H and O–H groups in total. The van der Waals surface area contributed by atoms with Gasteiger partial charge < -0.3 is 0 Å². The lowest BCUT2D eigenvalue weighted by molar-refractivity contribution is 0.589. The van der Waals surface area contributed by atoms with Gasteiger partial charge in [-0.15, -0.1) is 0 Å². The minimum atomic E-state index is 0.0273. The van der Waals surface area contributed by atoms with Gasteiger partial charge in [-0.2, -0.15) is 0 Å². The molecule has 302 valence electrons. The first-order valence-corrected chi connectivity index (χ1v) is 21.6. The summed E-state index contributed by atoms with van der Waals surface area (Å²) in [5.41, 5.74) is 20.9. The highest BCUT2D eigenvalue weighted by atomic mass is 14.7. The number of benzene rings is 7. The Kier molecular flexibility index (Phi) is 10.9. The van der Waals surface area contributed by atoms with Gasteiger partial charge >= 0.3 is 0 Å². The molecule has 0 atom stereocenters. The molecule has 0 unspecified atom stereocenters. The first kappa shape index (κ1) is 40.3. The molecule has 2 nitrogen and oxygen atoms in total. The zero-order valence-corrected chi connectivity index (χ0v) is 36.5. The minimum absolute atomic E-state index is 0.0273. The molecule has 2 heteroatoms. The smallest absolute Gasteiger partial charge is 0.0705 e. The Hall–Kier alpha value is -7.16. The van der Waals surface area contributed by atoms with Crippen LogP contribution in [0, 0.1) is 0 Å². The summed E-state index contributed by atoms with van der Waals surface area (Å²) in [6.07, 6.45) is 3.88. The molecule has 2 heterocycles. The highest BCUT2D eigenvalue weighted by Crippen LogP contribution is 2.44. The fraction of sp³-hybridized carbons (Fsp3) is 0.133. The summed E-state index contributed by atoms with van der Waals surface area (Å²) in [6, 6.07) is 70.5. The van der Waals surface area contributed by atoms with Gasteiger partial charge in [-0.05, 0) is 131 Å². The topological polar surface area (TPSA) is 25.8 Å². The van der Waals surface area contributed by atoms with Gasteiger partial charge in [0.2, 0.25) is 0 Å². The Bertz CT molecular complexity index is 2820. The zero-order valence-electron chi connectivity index (χ0n) is 36.5. The molecule has 9 aromatic rings. The third-order valence-electron chi connectivity index (χ3n) is 12.0. The SMILES string of the molecule is CC(C)(C)c1ccnc(-c2ccc(-c3ccccc3-c3cccc(-c4ccccc4-c4ccc(-c5cc(C(C)(C)C)ccn5)cc4-c4ccccc4)c3)c(-c3ccccc3)c2)c1. The van der Waals surface area contributed by atoms with Crippen LogP contribution in [0.4, 0.5) is 0 Å². The van der Waals surface area contributed by atoms with Crippen LogP contribution in [-0.4, -0.2) is 9.97 Å². The molecule has 0 aliphatic heterocycles. The molecule has 0 spiro atoms. The molecule has 0 aliphatic carbocycles. The Morgan fingerprint density at radius 1 is 0.258 bits per heavy atom. The van der Waals surface area contributed by atoms with Crippen LogP contribution in [0.1, 0.15) is 52.7 Å². The maximum Gasteiger partial charge on any atom is 0.0705 e. The number of hydrogen-bond donors (Lipinski definition) is 0. The maximum atomic E-state index is 4.84. The molecular formula is C60H52N2. The summed E-state index contributed by atoms with van der Waals surface area (Å²) in [7, 11) is 0. The van der Waals surface area contributed by atoms with Crippen molar-refractivity contribution >= 4 is 0 Å². The number of rotatable bonds is 8. The molecule has 62 heavy (non-hydrogen) atoms. The van der Waals surface area contributed by atoms with Crippen molar-refractivity contribution in [3.63, 3.8) is 0 Å². The predicted octanol–water partition coefficient (Wildman–Crippen LogP) is 16.4. The maximum absolute atomic E-state index is 4.84. The molecule has 0 bridgehead atoms. The normalized spacial score (nSPS) is 11.7. The monoisotopic (exact) mass is 800 g/mol. The van der Waals surface area contributed by atoms with Crippen molar-refractivity contribution in [2.45, 2.75) is 52.4 Å². The van der Waals surface area contributed by atoms with Crippen molar-refractivity contribution in [3.8, 4) is 89.3 Å². The van der Waals surface area contributed by atoms with Gasteiger partial charge in [0.15, 0.2) is 0 Å². The molecule has 9 rings (SSSR count). The van der Waals surface area contributed by atoms with E-state index in [1.54, 1.807) is 0 Å². The molecule has 0 saturated carbocycles. The lowest BCUT2D eigenvalue weighted by atomic mass is 9.85. The van der Waals surface area contributed by atoms with Crippen LogP contribution in [-0.2, 0) is 10.8 Å². The zero-order chi connectivity index (χ0) is 42.8. The first-order chi connectivity index (χ1) is 30.0. The molecule has 0 radical (unpaired) electrons. The summed E-state index contributed by atoms with van der Waals surface area (Å²) in [4.78, 5) is 9.68. The number of aromatic nitrogens is 2. The van der Waals surface area contributed by atoms with Crippen LogP contribution in [0.15, 0.2) is 207 Å². The highest BCUT2D eigenvalue weighted by Gasteiger charge is 2.20. The van der Waals surface area contributed by atoms with Crippen LogP contribution in [0.3, 0.4) is 0 Å². The summed E-state index contributed by atoms with van der Waals surface area (Å²) in [5, 5.41) is 0. The average molecular weight is 801 g/mol. The van der Waals surface area contributed by atoms with E-state index < -0.39 is 0 Å². The van der Waals surface area contributed by atoms with Crippen LogP contribution in [0.2, 0.25) is 0 Å². The van der Waals surface area contributed by atoms with E-state index in [0.29, 0.717) is 0 Å². The molecule has 0 amide bonds. The second-order valence-electron chi connectivity index (χ2n) is 18.3. The Morgan fingerprint density at radius 3 is 1.02 bits per heavy atom. The third kappa shape index (κ3) is 8.29. The van der Waals surface area contributed by atoms with Gasteiger partial charge in [0.1, 0.15) is 0 Å². The van der Waals surface area contributed by atoms with Gasteiger partial charge in [0, 0.05) is 23.5 Å². The van der Waals surface area contributed by atoms with Gasteiger partial charge in [0.05, 0.1) is 11.4 Å². The lowest BCUT2D eigenvalue weighted by Crippen LogP contribution is -2.11. The minimum Gasteiger partial charge on any atom is -0.256 e. The van der Waals surface area contributed by atoms with Gasteiger partial charge in [-0.1, -0.05) is 193 Å². The van der Waals surface area contributed by atoms with Crippen LogP contribution >= 0.6 is 0 Å². The van der Waals surface area contributed by atoms with E-state index in [1.807, 2.05) is 12.4 Å². The van der Waals surface area contributed by atoms with Crippen LogP contribution in [0.25, 0.3) is 89.3 Å². The van der Waals surface area contributed by atoms with E-state index in [4.69, 9.17) is 9.97 Å². The quantitative estimate of drug-likeness (QED) is 0.153. The largest absolute Gasteiger partial charge is 0.256 e. The van der Waals surface area contributed by atoms with Crippen molar-refractivity contribution in [1.82, 2.24) is 9.97 Å². The first-order valence-electron chi connectivity index (χ1n) is 21.6. The summed E-state index contributed by atoms with van der Waals surface area (Å²) in [5.74, 6) is 0. The second-order valence-corrected chi connectivity index (χ2v) is 18.3. The van der Waals surface area contributed by atoms with E-state index in [0.717, 1.165) is 22.5 Å². The summed E-state index contributed by atoms with van der Waals surface area (Å²) in [6.45, 7) is 13.5. The Morgan fingerprint density at radius 2 is 0.613 bits per heavy atom. The van der Waals surface area contributed by atoms with Gasteiger partial charge in [-0.25, -0.2) is 0 Å². The molecule has 0 aliphatic rings. The van der Waals surface area contributed by atoms with E-state index in [1.165, 1.54) is 77.9 Å². The van der Waals surface area contributed by atoms with Crippen molar-refractivity contribution in [3.05, 3.63) is 218 Å². The second kappa shape index (κ2) is 16.7.